The molecule has 1 rings (SSSR count). The number of hydrogen-bond acceptors (Lipinski definition) is 1. The molecule has 0 atom stereocenters. The van der Waals surface area contributed by atoms with Crippen LogP contribution in [0.4, 0.5) is 0 Å². The second-order valence-electron chi connectivity index (χ2n) is 1.43. The molecule has 1 heteroatoms. The van der Waals surface area contributed by atoms with Gasteiger partial charge in [-0.3, -0.25) is 4.79 Å². The molecule has 1 saturated carbocycles. The fraction of sp³-hybridized carbons (Fsp3) is 0.857. The number of hydrogen-bond donors (Lipinski definition) is 0. The van der Waals surface area contributed by atoms with Gasteiger partial charge >= 0.3 is 0 Å². The van der Waals surface area contributed by atoms with Gasteiger partial charge in [-0.25, -0.2) is 0 Å². The highest BCUT2D eigenvalue weighted by Gasteiger charge is 2.18. The number of Topliss-reactive ketones (excluding diaryl/α,β-unsaturated/α-hetero) is 1. The van der Waals surface area contributed by atoms with Gasteiger partial charge in [0.15, 0.2) is 0 Å². The standard InChI is InChI=1S/C7H12O/c1-6(8)7-4-2-3-5-7/h7H,2-5H2,1H3/i2D2,3D2,4D2,5D2,7D. The molecule has 0 spiro atoms. The van der Waals surface area contributed by atoms with Crippen LogP contribution in [0.2, 0.25) is 0 Å². The third kappa shape index (κ3) is 1.09. The third-order valence-corrected chi connectivity index (χ3v) is 0.790. The predicted molar refractivity (Wildman–Crippen MR) is 32.6 cm³/mol. The quantitative estimate of drug-likeness (QED) is 0.516. The van der Waals surface area contributed by atoms with Crippen molar-refractivity contribution in [1.82, 2.24) is 0 Å². The lowest BCUT2D eigenvalue weighted by molar-refractivity contribution is -0.120. The molecule has 0 aliphatic heterocycles. The fourth-order valence-electron chi connectivity index (χ4n) is 0.395. The Morgan fingerprint density at radius 3 is 2.50 bits per heavy atom. The van der Waals surface area contributed by atoms with Gasteiger partial charge in [0.2, 0.25) is 0 Å². The maximum Gasteiger partial charge on any atom is 0.132 e. The average Bonchev–Trinajstić information content (AvgIpc) is 2.17. The van der Waals surface area contributed by atoms with Crippen LogP contribution < -0.4 is 0 Å². The zero-order valence-electron chi connectivity index (χ0n) is 13.4. The maximum atomic E-state index is 11.4. The minimum Gasteiger partial charge on any atom is -0.300 e. The summed E-state index contributed by atoms with van der Waals surface area (Å²) in [7, 11) is 0. The molecule has 0 aromatic rings. The van der Waals surface area contributed by atoms with E-state index < -0.39 is 37.2 Å². The Hall–Kier alpha value is -0.330. The van der Waals surface area contributed by atoms with Crippen LogP contribution in [0.25, 0.3) is 0 Å². The van der Waals surface area contributed by atoms with Gasteiger partial charge < -0.3 is 0 Å². The Kier molecular flexibility index (Phi) is 0.352. The summed E-state index contributed by atoms with van der Waals surface area (Å²) in [6.07, 6.45) is -13.1. The molecule has 46 valence electrons. The van der Waals surface area contributed by atoms with E-state index in [1.165, 1.54) is 0 Å². The largest absolute Gasteiger partial charge is 0.300 e. The first kappa shape index (κ1) is 1.23. The molecule has 0 bridgehead atoms. The molecular formula is C7H12O. The highest BCUT2D eigenvalue weighted by molar-refractivity contribution is 5.78. The van der Waals surface area contributed by atoms with E-state index in [-0.39, 0.29) is 0 Å². The molecule has 8 heavy (non-hydrogen) atoms. The van der Waals surface area contributed by atoms with Gasteiger partial charge in [-0.2, -0.15) is 0 Å². The molecule has 0 unspecified atom stereocenters. The smallest absolute Gasteiger partial charge is 0.132 e. The van der Waals surface area contributed by atoms with E-state index >= 15 is 0 Å². The second-order valence-corrected chi connectivity index (χ2v) is 1.43. The molecule has 0 heterocycles. The summed E-state index contributed by atoms with van der Waals surface area (Å²) in [5.74, 6) is -4.36. The van der Waals surface area contributed by atoms with Crippen molar-refractivity contribution < 1.29 is 17.1 Å². The van der Waals surface area contributed by atoms with E-state index in [1.54, 1.807) is 0 Å². The summed E-state index contributed by atoms with van der Waals surface area (Å²) in [6.45, 7) is 0.764. The van der Waals surface area contributed by atoms with Crippen molar-refractivity contribution in [3.63, 3.8) is 0 Å². The summed E-state index contributed by atoms with van der Waals surface area (Å²) in [4.78, 5) is 11.4. The molecule has 1 aliphatic rings. The lowest BCUT2D eigenvalue weighted by Crippen LogP contribution is -2.04. The van der Waals surface area contributed by atoms with Crippen LogP contribution in [0, 0.1) is 5.89 Å². The van der Waals surface area contributed by atoms with Crippen LogP contribution in [0.3, 0.4) is 0 Å². The van der Waals surface area contributed by atoms with E-state index in [4.69, 9.17) is 12.3 Å². The van der Waals surface area contributed by atoms with Crippen molar-refractivity contribution in [2.45, 2.75) is 32.4 Å². The molecule has 0 radical (unpaired) electrons. The monoisotopic (exact) mass is 121 g/mol. The van der Waals surface area contributed by atoms with Crippen molar-refractivity contribution in [1.29, 1.82) is 0 Å². The van der Waals surface area contributed by atoms with Crippen molar-refractivity contribution in [3.8, 4) is 0 Å². The summed E-state index contributed by atoms with van der Waals surface area (Å²) in [5, 5.41) is 0. The first-order valence-corrected chi connectivity index (χ1v) is 2.20. The zero-order chi connectivity index (χ0) is 14.1. The van der Waals surface area contributed by atoms with Gasteiger partial charge in [0.1, 0.15) is 5.78 Å². The van der Waals surface area contributed by atoms with Gasteiger partial charge in [0, 0.05) is 18.2 Å². The Bertz CT molecular complexity index is 346. The lowest BCUT2D eigenvalue weighted by atomic mass is 10.0. The van der Waals surface area contributed by atoms with E-state index in [1.807, 2.05) is 0 Å². The summed E-state index contributed by atoms with van der Waals surface area (Å²) >= 11 is 0. The van der Waals surface area contributed by atoms with Gasteiger partial charge in [-0.1, -0.05) is 12.7 Å². The molecule has 0 aromatic carbocycles. The molecule has 0 amide bonds. The number of carbonyl (C=O) groups is 1. The maximum absolute atomic E-state index is 11.4. The van der Waals surface area contributed by atoms with Crippen LogP contribution in [0.1, 0.15) is 44.8 Å². The lowest BCUT2D eigenvalue weighted by Gasteiger charge is -1.99. The first-order chi connectivity index (χ1) is 7.19. The molecule has 1 fully saturated rings. The zero-order valence-corrected chi connectivity index (χ0v) is 4.41. The first-order valence-electron chi connectivity index (χ1n) is 6.70. The van der Waals surface area contributed by atoms with Crippen molar-refractivity contribution >= 4 is 5.78 Å². The SMILES string of the molecule is [2H]C1([2H])C([2H])([2H])C([2H])([2H])C([2H])(C(C)=O)C1([2H])[2H]. The van der Waals surface area contributed by atoms with Crippen LogP contribution in [-0.2, 0) is 4.79 Å². The topological polar surface area (TPSA) is 17.1 Å². The Morgan fingerprint density at radius 2 is 2.25 bits per heavy atom. The van der Waals surface area contributed by atoms with E-state index in [0.29, 0.717) is 0 Å². The fourth-order valence-corrected chi connectivity index (χ4v) is 0.395. The number of ketones is 1. The molecule has 0 N–H and O–H groups in total. The van der Waals surface area contributed by atoms with Gasteiger partial charge in [-0.05, 0) is 19.7 Å². The van der Waals surface area contributed by atoms with Crippen LogP contribution >= 0.6 is 0 Å². The summed E-state index contributed by atoms with van der Waals surface area (Å²) in [5.41, 5.74) is 0. The summed E-state index contributed by atoms with van der Waals surface area (Å²) in [6, 6.07) is 0. The van der Waals surface area contributed by atoms with E-state index in [9.17, 15) is 4.79 Å². The number of carbonyl (C=O) groups excluding carboxylic acids is 1. The molecule has 0 aromatic heterocycles. The molecule has 1 nitrogen and oxygen atoms in total. The Morgan fingerprint density at radius 1 is 1.75 bits per heavy atom. The third-order valence-electron chi connectivity index (χ3n) is 0.790. The molecule has 1 aliphatic carbocycles. The van der Waals surface area contributed by atoms with Gasteiger partial charge in [-0.15, -0.1) is 0 Å². The minimum absolute atomic E-state index is 0.764. The van der Waals surface area contributed by atoms with E-state index in [0.717, 1.165) is 6.92 Å². The van der Waals surface area contributed by atoms with E-state index in [2.05, 4.69) is 0 Å². The average molecular weight is 121 g/mol. The van der Waals surface area contributed by atoms with Crippen molar-refractivity contribution in [2.24, 2.45) is 5.89 Å². The van der Waals surface area contributed by atoms with Crippen LogP contribution in [-0.4, -0.2) is 5.78 Å². The Labute approximate surface area is 62.7 Å². The normalized spacial score (nSPS) is 67.4. The van der Waals surface area contributed by atoms with Gasteiger partial charge in [0.05, 0.1) is 0 Å². The predicted octanol–water partition coefficient (Wildman–Crippen LogP) is 1.77. The summed E-state index contributed by atoms with van der Waals surface area (Å²) < 4.78 is 67.2. The van der Waals surface area contributed by atoms with Crippen LogP contribution in [0.5, 0.6) is 0 Å². The molecule has 0 saturated heterocycles. The highest BCUT2D eigenvalue weighted by Crippen LogP contribution is 2.24. The van der Waals surface area contributed by atoms with Crippen molar-refractivity contribution in [3.05, 3.63) is 0 Å². The molecular weight excluding hydrogens is 100 g/mol. The van der Waals surface area contributed by atoms with Crippen molar-refractivity contribution in [2.75, 3.05) is 0 Å². The highest BCUT2D eigenvalue weighted by atomic mass is 16.1. The number of rotatable bonds is 1. The Balaban J connectivity index is 3.71. The minimum atomic E-state index is -3.28. The van der Waals surface area contributed by atoms with Gasteiger partial charge in [0.25, 0.3) is 0 Å². The van der Waals surface area contributed by atoms with Crippen LogP contribution in [0.15, 0.2) is 0 Å². The second kappa shape index (κ2) is 2.29.